The summed E-state index contributed by atoms with van der Waals surface area (Å²) < 4.78 is 36.4. The van der Waals surface area contributed by atoms with E-state index in [1.54, 1.807) is 20.1 Å². The van der Waals surface area contributed by atoms with Crippen molar-refractivity contribution in [2.24, 2.45) is 5.92 Å². The summed E-state index contributed by atoms with van der Waals surface area (Å²) in [4.78, 5) is 0. The van der Waals surface area contributed by atoms with E-state index in [0.29, 0.717) is 6.42 Å². The average Bonchev–Trinajstić information content (AvgIpc) is 2.03. The third-order valence-corrected chi connectivity index (χ3v) is 3.28. The number of hydrogen-bond acceptors (Lipinski definition) is 2. The van der Waals surface area contributed by atoms with Gasteiger partial charge in [0.1, 0.15) is 0 Å². The van der Waals surface area contributed by atoms with Crippen LogP contribution in [0, 0.1) is 5.92 Å². The quantitative estimate of drug-likeness (QED) is 0.779. The van der Waals surface area contributed by atoms with Crippen LogP contribution in [0.5, 0.6) is 0 Å². The molecule has 0 aromatic heterocycles. The van der Waals surface area contributed by atoms with E-state index in [1.165, 1.54) is 11.8 Å². The molecular formula is C8H15F3OS. The van der Waals surface area contributed by atoms with Gasteiger partial charge in [-0.25, -0.2) is 0 Å². The highest BCUT2D eigenvalue weighted by Crippen LogP contribution is 2.32. The van der Waals surface area contributed by atoms with E-state index in [4.69, 9.17) is 5.11 Å². The fourth-order valence-electron chi connectivity index (χ4n) is 1.23. The second-order valence-electron chi connectivity index (χ2n) is 3.00. The molecule has 0 heterocycles. The van der Waals surface area contributed by atoms with Crippen molar-refractivity contribution >= 4 is 11.8 Å². The number of hydrogen-bond donors (Lipinski definition) is 1. The number of alkyl halides is 3. The van der Waals surface area contributed by atoms with Crippen LogP contribution >= 0.6 is 11.8 Å². The molecule has 0 aromatic rings. The van der Waals surface area contributed by atoms with Crippen LogP contribution in [-0.2, 0) is 0 Å². The predicted molar refractivity (Wildman–Crippen MR) is 48.8 cm³/mol. The molecule has 0 aliphatic rings. The lowest BCUT2D eigenvalue weighted by Gasteiger charge is -2.27. The van der Waals surface area contributed by atoms with E-state index in [2.05, 4.69) is 0 Å². The molecule has 0 aliphatic heterocycles. The molecule has 0 radical (unpaired) electrons. The molecule has 3 atom stereocenters. The molecule has 5 heteroatoms. The van der Waals surface area contributed by atoms with Crippen LogP contribution in [0.2, 0.25) is 0 Å². The van der Waals surface area contributed by atoms with Crippen molar-refractivity contribution in [1.82, 2.24) is 0 Å². The van der Waals surface area contributed by atoms with Gasteiger partial charge in [0.05, 0.1) is 0 Å². The number of halogens is 3. The van der Waals surface area contributed by atoms with Crippen molar-refractivity contribution in [3.63, 3.8) is 0 Å². The standard InChI is InChI=1S/C8H15F3OS/c1-4-6(5(2)13-3)7(12)8(9,10)11/h5-7,12H,4H2,1-3H3/t5?,6-,7?/m1/s1. The van der Waals surface area contributed by atoms with E-state index >= 15 is 0 Å². The Hall–Kier alpha value is 0.100. The summed E-state index contributed by atoms with van der Waals surface area (Å²) in [6.45, 7) is 3.36. The highest BCUT2D eigenvalue weighted by Gasteiger charge is 2.44. The van der Waals surface area contributed by atoms with Crippen LogP contribution in [0.3, 0.4) is 0 Å². The number of rotatable bonds is 4. The van der Waals surface area contributed by atoms with Crippen LogP contribution < -0.4 is 0 Å². The first-order valence-electron chi connectivity index (χ1n) is 4.12. The van der Waals surface area contributed by atoms with Crippen LogP contribution in [0.4, 0.5) is 13.2 Å². The fourth-order valence-corrected chi connectivity index (χ4v) is 1.92. The Morgan fingerprint density at radius 1 is 1.38 bits per heavy atom. The first kappa shape index (κ1) is 13.1. The zero-order valence-corrected chi connectivity index (χ0v) is 8.75. The number of aliphatic hydroxyl groups is 1. The Kier molecular flexibility index (Phi) is 5.14. The van der Waals surface area contributed by atoms with Crippen molar-refractivity contribution in [3.8, 4) is 0 Å². The molecule has 1 nitrogen and oxygen atoms in total. The minimum absolute atomic E-state index is 0.179. The maximum absolute atomic E-state index is 12.1. The van der Waals surface area contributed by atoms with Crippen molar-refractivity contribution in [2.45, 2.75) is 37.8 Å². The lowest BCUT2D eigenvalue weighted by Crippen LogP contribution is -2.39. The monoisotopic (exact) mass is 216 g/mol. The highest BCUT2D eigenvalue weighted by molar-refractivity contribution is 7.99. The molecule has 0 aliphatic carbocycles. The molecule has 0 saturated heterocycles. The first-order valence-corrected chi connectivity index (χ1v) is 5.41. The van der Waals surface area contributed by atoms with Gasteiger partial charge >= 0.3 is 6.18 Å². The van der Waals surface area contributed by atoms with Crippen LogP contribution in [0.1, 0.15) is 20.3 Å². The topological polar surface area (TPSA) is 20.2 Å². The van der Waals surface area contributed by atoms with Gasteiger partial charge in [-0.05, 0) is 12.7 Å². The molecule has 0 rings (SSSR count). The summed E-state index contributed by atoms with van der Waals surface area (Å²) in [5, 5.41) is 8.83. The Labute approximate surface area is 80.7 Å². The molecule has 0 spiro atoms. The Morgan fingerprint density at radius 2 is 1.85 bits per heavy atom. The van der Waals surface area contributed by atoms with Crippen molar-refractivity contribution in [2.75, 3.05) is 6.26 Å². The Morgan fingerprint density at radius 3 is 2.08 bits per heavy atom. The van der Waals surface area contributed by atoms with Gasteiger partial charge in [-0.2, -0.15) is 24.9 Å². The van der Waals surface area contributed by atoms with E-state index in [0.717, 1.165) is 0 Å². The predicted octanol–water partition coefficient (Wildman–Crippen LogP) is 2.69. The molecule has 0 aromatic carbocycles. The van der Waals surface area contributed by atoms with Gasteiger partial charge in [0.25, 0.3) is 0 Å². The van der Waals surface area contributed by atoms with E-state index < -0.39 is 18.2 Å². The molecule has 0 bridgehead atoms. The van der Waals surface area contributed by atoms with Crippen LogP contribution in [-0.4, -0.2) is 28.9 Å². The molecule has 0 amide bonds. The third kappa shape index (κ3) is 3.77. The summed E-state index contributed by atoms with van der Waals surface area (Å²) in [7, 11) is 0. The van der Waals surface area contributed by atoms with Crippen LogP contribution in [0.15, 0.2) is 0 Å². The largest absolute Gasteiger partial charge is 0.414 e. The second-order valence-corrected chi connectivity index (χ2v) is 4.21. The lowest BCUT2D eigenvalue weighted by molar-refractivity contribution is -0.219. The van der Waals surface area contributed by atoms with Gasteiger partial charge in [-0.1, -0.05) is 13.8 Å². The van der Waals surface area contributed by atoms with E-state index in [-0.39, 0.29) is 5.25 Å². The van der Waals surface area contributed by atoms with Gasteiger partial charge < -0.3 is 5.11 Å². The minimum Gasteiger partial charge on any atom is -0.383 e. The SMILES string of the molecule is CC[C@H](C(C)SC)C(O)C(F)(F)F. The lowest BCUT2D eigenvalue weighted by atomic mass is 9.96. The molecular weight excluding hydrogens is 201 g/mol. The molecule has 0 saturated carbocycles. The van der Waals surface area contributed by atoms with Crippen LogP contribution in [0.25, 0.3) is 0 Å². The zero-order chi connectivity index (χ0) is 10.6. The third-order valence-electron chi connectivity index (χ3n) is 2.19. The van der Waals surface area contributed by atoms with Crippen molar-refractivity contribution in [1.29, 1.82) is 0 Å². The molecule has 0 fully saturated rings. The molecule has 2 unspecified atom stereocenters. The number of thioether (sulfide) groups is 1. The average molecular weight is 216 g/mol. The van der Waals surface area contributed by atoms with Crippen molar-refractivity contribution in [3.05, 3.63) is 0 Å². The summed E-state index contributed by atoms with van der Waals surface area (Å²) in [6, 6.07) is 0. The number of aliphatic hydroxyl groups excluding tert-OH is 1. The Bertz CT molecular complexity index is 149. The molecule has 13 heavy (non-hydrogen) atoms. The molecule has 1 N–H and O–H groups in total. The normalized spacial score (nSPS) is 19.6. The summed E-state index contributed by atoms with van der Waals surface area (Å²) in [5.74, 6) is -0.713. The van der Waals surface area contributed by atoms with Gasteiger partial charge in [-0.3, -0.25) is 0 Å². The van der Waals surface area contributed by atoms with Crippen molar-refractivity contribution < 1.29 is 18.3 Å². The zero-order valence-electron chi connectivity index (χ0n) is 7.93. The maximum atomic E-state index is 12.1. The van der Waals surface area contributed by atoms with Gasteiger partial charge in [-0.15, -0.1) is 0 Å². The molecule has 80 valence electrons. The fraction of sp³-hybridized carbons (Fsp3) is 1.00. The summed E-state index contributed by atoms with van der Waals surface area (Å²) in [5.41, 5.74) is 0. The first-order chi connectivity index (χ1) is 5.84. The smallest absolute Gasteiger partial charge is 0.383 e. The Balaban J connectivity index is 4.40. The highest BCUT2D eigenvalue weighted by atomic mass is 32.2. The van der Waals surface area contributed by atoms with E-state index in [1.807, 2.05) is 0 Å². The summed E-state index contributed by atoms with van der Waals surface area (Å²) in [6.07, 6.45) is -4.61. The van der Waals surface area contributed by atoms with Gasteiger partial charge in [0, 0.05) is 11.2 Å². The summed E-state index contributed by atoms with van der Waals surface area (Å²) >= 11 is 1.34. The maximum Gasteiger partial charge on any atom is 0.414 e. The second kappa shape index (κ2) is 5.10. The minimum atomic E-state index is -4.50. The van der Waals surface area contributed by atoms with Gasteiger partial charge in [0.2, 0.25) is 0 Å². The van der Waals surface area contributed by atoms with Gasteiger partial charge in [0.15, 0.2) is 6.10 Å². The van der Waals surface area contributed by atoms with E-state index in [9.17, 15) is 13.2 Å².